The van der Waals surface area contributed by atoms with Crippen molar-refractivity contribution in [2.45, 2.75) is 37.0 Å². The highest BCUT2D eigenvalue weighted by Crippen LogP contribution is 2.35. The molecule has 5 heteroatoms. The van der Waals surface area contributed by atoms with E-state index in [2.05, 4.69) is 9.97 Å². The number of rotatable bonds is 3. The number of aromatic nitrogens is 2. The first-order valence-electron chi connectivity index (χ1n) is 6.37. The summed E-state index contributed by atoms with van der Waals surface area (Å²) < 4.78 is 5.06. The fourth-order valence-corrected chi connectivity index (χ4v) is 2.71. The number of hydrogen-bond acceptors (Lipinski definition) is 4. The Balaban J connectivity index is 1.92. The van der Waals surface area contributed by atoms with Crippen LogP contribution in [-0.4, -0.2) is 34.3 Å². The Hall–Kier alpha value is -1.49. The molecule has 1 saturated heterocycles. The predicted octanol–water partition coefficient (Wildman–Crippen LogP) is 1.49. The summed E-state index contributed by atoms with van der Waals surface area (Å²) in [4.78, 5) is 20.0. The molecule has 18 heavy (non-hydrogen) atoms. The number of carboxylic acids is 1. The van der Waals surface area contributed by atoms with Crippen molar-refractivity contribution < 1.29 is 14.6 Å². The van der Waals surface area contributed by atoms with Gasteiger partial charge in [0.25, 0.3) is 0 Å². The van der Waals surface area contributed by atoms with E-state index in [1.807, 2.05) is 6.07 Å². The minimum atomic E-state index is -1.02. The van der Waals surface area contributed by atoms with Crippen LogP contribution in [0, 0.1) is 0 Å². The zero-order chi connectivity index (χ0) is 12.6. The van der Waals surface area contributed by atoms with Crippen molar-refractivity contribution in [1.82, 2.24) is 9.97 Å². The smallest absolute Gasteiger partial charge is 0.322 e. The van der Waals surface area contributed by atoms with Crippen LogP contribution in [0.2, 0.25) is 0 Å². The summed E-state index contributed by atoms with van der Waals surface area (Å²) in [5.41, 5.74) is -0.0285. The third kappa shape index (κ3) is 1.70. The molecule has 1 aliphatic carbocycles. The molecule has 2 fully saturated rings. The van der Waals surface area contributed by atoms with Gasteiger partial charge in [-0.1, -0.05) is 12.8 Å². The second-order valence-electron chi connectivity index (χ2n) is 5.17. The van der Waals surface area contributed by atoms with Gasteiger partial charge in [-0.2, -0.15) is 0 Å². The lowest BCUT2D eigenvalue weighted by Crippen LogP contribution is -2.54. The molecule has 1 saturated carbocycles. The molecule has 1 aromatic heterocycles. The Kier molecular flexibility index (Phi) is 2.78. The number of aliphatic carboxylic acids is 1. The van der Waals surface area contributed by atoms with Crippen molar-refractivity contribution in [2.75, 3.05) is 13.2 Å². The third-order valence-electron chi connectivity index (χ3n) is 3.98. The summed E-state index contributed by atoms with van der Waals surface area (Å²) >= 11 is 0. The van der Waals surface area contributed by atoms with Gasteiger partial charge in [0.1, 0.15) is 0 Å². The predicted molar refractivity (Wildman–Crippen MR) is 63.4 cm³/mol. The average Bonchev–Trinajstić information content (AvgIpc) is 2.80. The molecular weight excluding hydrogens is 232 g/mol. The standard InChI is InChI=1S/C13H16N2O3/c16-12(17)13(7-18-8-13)11-14-6-5-10(15-11)9-3-1-2-4-9/h5-6,9H,1-4,7-8H2,(H,16,17). The highest BCUT2D eigenvalue weighted by atomic mass is 16.5. The van der Waals surface area contributed by atoms with Gasteiger partial charge in [0.2, 0.25) is 0 Å². The van der Waals surface area contributed by atoms with Crippen LogP contribution in [-0.2, 0) is 14.9 Å². The lowest BCUT2D eigenvalue weighted by molar-refractivity contribution is -0.164. The largest absolute Gasteiger partial charge is 0.480 e. The van der Waals surface area contributed by atoms with E-state index < -0.39 is 11.4 Å². The van der Waals surface area contributed by atoms with E-state index in [0.29, 0.717) is 11.7 Å². The number of nitrogens with zero attached hydrogens (tertiary/aromatic N) is 2. The zero-order valence-corrected chi connectivity index (χ0v) is 10.1. The van der Waals surface area contributed by atoms with E-state index in [-0.39, 0.29) is 13.2 Å². The van der Waals surface area contributed by atoms with E-state index in [1.54, 1.807) is 6.20 Å². The molecular formula is C13H16N2O3. The summed E-state index contributed by atoms with van der Waals surface area (Å²) in [6.45, 7) is 0.354. The number of carboxylic acid groups (broad SMARTS) is 1. The lowest BCUT2D eigenvalue weighted by Gasteiger charge is -2.35. The first-order chi connectivity index (χ1) is 8.72. The van der Waals surface area contributed by atoms with Gasteiger partial charge in [-0.05, 0) is 18.9 Å². The lowest BCUT2D eigenvalue weighted by atomic mass is 9.85. The maximum Gasteiger partial charge on any atom is 0.322 e. The second kappa shape index (κ2) is 4.31. The van der Waals surface area contributed by atoms with Gasteiger partial charge in [-0.15, -0.1) is 0 Å². The van der Waals surface area contributed by atoms with Crippen molar-refractivity contribution in [3.63, 3.8) is 0 Å². The van der Waals surface area contributed by atoms with E-state index >= 15 is 0 Å². The fourth-order valence-electron chi connectivity index (χ4n) is 2.71. The number of ether oxygens (including phenoxy) is 1. The molecule has 0 radical (unpaired) electrons. The minimum Gasteiger partial charge on any atom is -0.480 e. The van der Waals surface area contributed by atoms with Crippen LogP contribution in [0.5, 0.6) is 0 Å². The second-order valence-corrected chi connectivity index (χ2v) is 5.17. The van der Waals surface area contributed by atoms with Gasteiger partial charge >= 0.3 is 5.97 Å². The van der Waals surface area contributed by atoms with Gasteiger partial charge in [0.05, 0.1) is 13.2 Å². The molecule has 0 spiro atoms. The van der Waals surface area contributed by atoms with Crippen LogP contribution in [0.15, 0.2) is 12.3 Å². The van der Waals surface area contributed by atoms with Gasteiger partial charge in [0.15, 0.2) is 11.2 Å². The first-order valence-corrected chi connectivity index (χ1v) is 6.37. The Morgan fingerprint density at radius 2 is 2.11 bits per heavy atom. The highest BCUT2D eigenvalue weighted by Gasteiger charge is 2.50. The third-order valence-corrected chi connectivity index (χ3v) is 3.98. The van der Waals surface area contributed by atoms with Crippen LogP contribution in [0.4, 0.5) is 0 Å². The molecule has 0 aromatic carbocycles. The summed E-state index contributed by atoms with van der Waals surface area (Å²) in [5.74, 6) is -0.0124. The van der Waals surface area contributed by atoms with Gasteiger partial charge in [-0.3, -0.25) is 4.79 Å². The van der Waals surface area contributed by atoms with E-state index in [0.717, 1.165) is 18.5 Å². The Labute approximate surface area is 105 Å². The molecule has 5 nitrogen and oxygen atoms in total. The molecule has 2 aliphatic rings. The molecule has 0 atom stereocenters. The van der Waals surface area contributed by atoms with Crippen molar-refractivity contribution in [2.24, 2.45) is 0 Å². The molecule has 1 N–H and O–H groups in total. The fraction of sp³-hybridized carbons (Fsp3) is 0.615. The van der Waals surface area contributed by atoms with Crippen LogP contribution in [0.1, 0.15) is 43.1 Å². The Morgan fingerprint density at radius 3 is 2.67 bits per heavy atom. The topological polar surface area (TPSA) is 72.3 Å². The molecule has 1 aliphatic heterocycles. The van der Waals surface area contributed by atoms with Crippen LogP contribution in [0.25, 0.3) is 0 Å². The Bertz CT molecular complexity index is 465. The number of carbonyl (C=O) groups is 1. The normalized spacial score (nSPS) is 22.7. The monoisotopic (exact) mass is 248 g/mol. The number of hydrogen-bond donors (Lipinski definition) is 1. The van der Waals surface area contributed by atoms with Crippen LogP contribution >= 0.6 is 0 Å². The molecule has 3 rings (SSSR count). The highest BCUT2D eigenvalue weighted by molar-refractivity contribution is 5.81. The average molecular weight is 248 g/mol. The van der Waals surface area contributed by atoms with E-state index in [9.17, 15) is 9.90 Å². The van der Waals surface area contributed by atoms with Crippen molar-refractivity contribution in [1.29, 1.82) is 0 Å². The minimum absolute atomic E-state index is 0.177. The molecule has 0 unspecified atom stereocenters. The summed E-state index contributed by atoms with van der Waals surface area (Å²) in [6, 6.07) is 1.91. The van der Waals surface area contributed by atoms with Crippen molar-refractivity contribution in [3.8, 4) is 0 Å². The molecule has 0 bridgehead atoms. The Morgan fingerprint density at radius 1 is 1.39 bits per heavy atom. The summed E-state index contributed by atoms with van der Waals surface area (Å²) in [5, 5.41) is 9.33. The maximum atomic E-state index is 11.4. The van der Waals surface area contributed by atoms with Crippen molar-refractivity contribution >= 4 is 5.97 Å². The van der Waals surface area contributed by atoms with E-state index in [1.165, 1.54) is 12.8 Å². The van der Waals surface area contributed by atoms with Gasteiger partial charge < -0.3 is 9.84 Å². The summed E-state index contributed by atoms with van der Waals surface area (Å²) in [7, 11) is 0. The maximum absolute atomic E-state index is 11.4. The summed E-state index contributed by atoms with van der Waals surface area (Å²) in [6.07, 6.45) is 6.44. The van der Waals surface area contributed by atoms with Crippen molar-refractivity contribution in [3.05, 3.63) is 23.8 Å². The van der Waals surface area contributed by atoms with Crippen LogP contribution < -0.4 is 0 Å². The molecule has 1 aromatic rings. The van der Waals surface area contributed by atoms with E-state index in [4.69, 9.17) is 4.74 Å². The van der Waals surface area contributed by atoms with Gasteiger partial charge in [-0.25, -0.2) is 9.97 Å². The van der Waals surface area contributed by atoms with Gasteiger partial charge in [0, 0.05) is 17.8 Å². The zero-order valence-electron chi connectivity index (χ0n) is 10.1. The molecule has 0 amide bonds. The SMILES string of the molecule is O=C(O)C1(c2nccc(C3CCCC3)n2)COC1. The quantitative estimate of drug-likeness (QED) is 0.877. The molecule has 2 heterocycles. The molecule has 96 valence electrons. The van der Waals surface area contributed by atoms with Crippen LogP contribution in [0.3, 0.4) is 0 Å². The first kappa shape index (κ1) is 11.6.